The lowest BCUT2D eigenvalue weighted by atomic mass is 10.0. The average molecular weight is 398 g/mol. The van der Waals surface area contributed by atoms with E-state index in [2.05, 4.69) is 30.8 Å². The Morgan fingerprint density at radius 1 is 1.31 bits per heavy atom. The lowest BCUT2D eigenvalue weighted by Gasteiger charge is -2.20. The SMILES string of the molecule is N#CNC(=NCCCCCC1CCN(C(=O)C2CCCN2)C1)Nc1ccncc1. The zero-order valence-electron chi connectivity index (χ0n) is 16.9. The van der Waals surface area contributed by atoms with Gasteiger partial charge in [-0.25, -0.2) is 0 Å². The highest BCUT2D eigenvalue weighted by molar-refractivity contribution is 5.94. The first-order valence-electron chi connectivity index (χ1n) is 10.6. The van der Waals surface area contributed by atoms with Crippen molar-refractivity contribution >= 4 is 17.6 Å². The van der Waals surface area contributed by atoms with Crippen molar-refractivity contribution in [3.8, 4) is 6.19 Å². The Kier molecular flexibility index (Phi) is 8.25. The van der Waals surface area contributed by atoms with Gasteiger partial charge in [-0.05, 0) is 56.7 Å². The maximum absolute atomic E-state index is 12.5. The van der Waals surface area contributed by atoms with Crippen LogP contribution in [-0.4, -0.2) is 54.0 Å². The van der Waals surface area contributed by atoms with Crippen LogP contribution in [0.4, 0.5) is 5.69 Å². The number of nitrogens with one attached hydrogen (secondary N) is 3. The molecule has 2 fully saturated rings. The molecule has 0 spiro atoms. The molecule has 0 aliphatic carbocycles. The number of carbonyl (C=O) groups excluding carboxylic acids is 1. The number of nitrogens with zero attached hydrogens (tertiary/aromatic N) is 4. The molecule has 0 saturated carbocycles. The molecule has 3 N–H and O–H groups in total. The first kappa shape index (κ1) is 21.1. The van der Waals surface area contributed by atoms with Gasteiger partial charge in [-0.1, -0.05) is 12.8 Å². The van der Waals surface area contributed by atoms with Crippen LogP contribution in [0.3, 0.4) is 0 Å². The van der Waals surface area contributed by atoms with Crippen LogP contribution < -0.4 is 16.0 Å². The molecule has 0 bridgehead atoms. The third-order valence-corrected chi connectivity index (χ3v) is 5.61. The van der Waals surface area contributed by atoms with Crippen LogP contribution >= 0.6 is 0 Å². The van der Waals surface area contributed by atoms with Crippen molar-refractivity contribution in [3.63, 3.8) is 0 Å². The number of guanidine groups is 1. The molecule has 3 rings (SSSR count). The molecule has 1 amide bonds. The van der Waals surface area contributed by atoms with Crippen molar-refractivity contribution in [2.24, 2.45) is 10.9 Å². The quantitative estimate of drug-likeness (QED) is 0.204. The molecule has 2 aliphatic heterocycles. The highest BCUT2D eigenvalue weighted by atomic mass is 16.2. The van der Waals surface area contributed by atoms with E-state index in [1.54, 1.807) is 12.4 Å². The zero-order valence-corrected chi connectivity index (χ0v) is 16.9. The van der Waals surface area contributed by atoms with E-state index in [1.165, 1.54) is 6.42 Å². The second-order valence-electron chi connectivity index (χ2n) is 7.77. The van der Waals surface area contributed by atoms with Crippen LogP contribution in [0.2, 0.25) is 0 Å². The molecule has 2 aliphatic rings. The fourth-order valence-corrected chi connectivity index (χ4v) is 4.03. The van der Waals surface area contributed by atoms with Gasteiger partial charge >= 0.3 is 0 Å². The summed E-state index contributed by atoms with van der Waals surface area (Å²) >= 11 is 0. The van der Waals surface area contributed by atoms with Crippen LogP contribution in [-0.2, 0) is 4.79 Å². The van der Waals surface area contributed by atoms with Gasteiger partial charge in [-0.15, -0.1) is 0 Å². The minimum atomic E-state index is 0.0589. The molecular formula is C21H31N7O. The number of hydrogen-bond acceptors (Lipinski definition) is 5. The average Bonchev–Trinajstić information content (AvgIpc) is 3.43. The smallest absolute Gasteiger partial charge is 0.239 e. The summed E-state index contributed by atoms with van der Waals surface area (Å²) in [7, 11) is 0. The molecule has 8 heteroatoms. The zero-order chi connectivity index (χ0) is 20.3. The summed E-state index contributed by atoms with van der Waals surface area (Å²) in [5.41, 5.74) is 0.842. The van der Waals surface area contributed by atoms with Crippen LogP contribution in [0.1, 0.15) is 44.9 Å². The van der Waals surface area contributed by atoms with E-state index in [0.29, 0.717) is 24.3 Å². The van der Waals surface area contributed by atoms with Crippen LogP contribution in [0.5, 0.6) is 0 Å². The van der Waals surface area contributed by atoms with Crippen LogP contribution in [0.25, 0.3) is 0 Å². The minimum Gasteiger partial charge on any atom is -0.341 e. The summed E-state index contributed by atoms with van der Waals surface area (Å²) in [6, 6.07) is 3.71. The van der Waals surface area contributed by atoms with E-state index in [0.717, 1.165) is 63.8 Å². The van der Waals surface area contributed by atoms with Gasteiger partial charge in [-0.3, -0.25) is 20.1 Å². The Hall–Kier alpha value is -2.66. The van der Waals surface area contributed by atoms with E-state index in [4.69, 9.17) is 5.26 Å². The summed E-state index contributed by atoms with van der Waals surface area (Å²) in [6.45, 7) is 3.47. The lowest BCUT2D eigenvalue weighted by Crippen LogP contribution is -2.42. The van der Waals surface area contributed by atoms with Crippen molar-refractivity contribution in [1.82, 2.24) is 20.5 Å². The highest BCUT2D eigenvalue weighted by Crippen LogP contribution is 2.23. The number of unbranched alkanes of at least 4 members (excludes halogenated alkanes) is 2. The molecule has 2 atom stereocenters. The summed E-state index contributed by atoms with van der Waals surface area (Å²) < 4.78 is 0. The number of anilines is 1. The van der Waals surface area contributed by atoms with Gasteiger partial charge < -0.3 is 15.5 Å². The number of carbonyl (C=O) groups is 1. The van der Waals surface area contributed by atoms with Crippen molar-refractivity contribution < 1.29 is 4.79 Å². The molecule has 2 unspecified atom stereocenters. The second-order valence-corrected chi connectivity index (χ2v) is 7.77. The maximum atomic E-state index is 12.5. The van der Waals surface area contributed by atoms with Crippen molar-refractivity contribution in [3.05, 3.63) is 24.5 Å². The second kappa shape index (κ2) is 11.4. The first-order valence-corrected chi connectivity index (χ1v) is 10.6. The number of pyridine rings is 1. The number of hydrogen-bond donors (Lipinski definition) is 3. The topological polar surface area (TPSA) is 105 Å². The maximum Gasteiger partial charge on any atom is 0.239 e. The molecule has 29 heavy (non-hydrogen) atoms. The number of aliphatic imine (C=N–C) groups is 1. The first-order chi connectivity index (χ1) is 14.3. The largest absolute Gasteiger partial charge is 0.341 e. The molecule has 2 saturated heterocycles. The molecule has 0 aromatic carbocycles. The van der Waals surface area contributed by atoms with E-state index >= 15 is 0 Å². The number of rotatable bonds is 8. The Bertz CT molecular complexity index is 709. The van der Waals surface area contributed by atoms with Crippen molar-refractivity contribution in [1.29, 1.82) is 5.26 Å². The van der Waals surface area contributed by atoms with Gasteiger partial charge in [0.05, 0.1) is 6.04 Å². The van der Waals surface area contributed by atoms with Gasteiger partial charge in [-0.2, -0.15) is 5.26 Å². The molecule has 3 heterocycles. The lowest BCUT2D eigenvalue weighted by molar-refractivity contribution is -0.132. The van der Waals surface area contributed by atoms with E-state index in [9.17, 15) is 4.79 Å². The van der Waals surface area contributed by atoms with Gasteiger partial charge in [0.2, 0.25) is 11.9 Å². The normalized spacial score (nSPS) is 21.8. The predicted octanol–water partition coefficient (Wildman–Crippen LogP) is 2.08. The number of likely N-dealkylation sites (tertiary alicyclic amines) is 1. The molecule has 8 nitrogen and oxygen atoms in total. The Morgan fingerprint density at radius 2 is 2.17 bits per heavy atom. The summed E-state index contributed by atoms with van der Waals surface area (Å²) in [5.74, 6) is 1.40. The highest BCUT2D eigenvalue weighted by Gasteiger charge is 2.31. The van der Waals surface area contributed by atoms with Gasteiger partial charge in [0.25, 0.3) is 0 Å². The van der Waals surface area contributed by atoms with Crippen molar-refractivity contribution in [2.45, 2.75) is 51.0 Å². The van der Waals surface area contributed by atoms with E-state index < -0.39 is 0 Å². The summed E-state index contributed by atoms with van der Waals surface area (Å²) in [5, 5.41) is 17.9. The third-order valence-electron chi connectivity index (χ3n) is 5.61. The summed E-state index contributed by atoms with van der Waals surface area (Å²) in [6.07, 6.45) is 12.9. The fraction of sp³-hybridized carbons (Fsp3) is 0.619. The minimum absolute atomic E-state index is 0.0589. The van der Waals surface area contributed by atoms with Gasteiger partial charge in [0.1, 0.15) is 0 Å². The van der Waals surface area contributed by atoms with E-state index in [1.807, 2.05) is 18.3 Å². The molecular weight excluding hydrogens is 366 g/mol. The van der Waals surface area contributed by atoms with Crippen molar-refractivity contribution in [2.75, 3.05) is 31.5 Å². The van der Waals surface area contributed by atoms with E-state index in [-0.39, 0.29) is 6.04 Å². The standard InChI is InChI=1S/C21H31N7O/c22-16-26-21(27-18-7-12-23-13-8-18)25-10-3-1-2-5-17-9-14-28(15-17)20(29)19-6-4-11-24-19/h7-8,12-13,17,19,24H,1-6,9-11,14-15H2,(H2,23,25,26,27). The third kappa shape index (κ3) is 6.71. The number of aromatic nitrogens is 1. The van der Waals surface area contributed by atoms with Crippen LogP contribution in [0.15, 0.2) is 29.5 Å². The fourth-order valence-electron chi connectivity index (χ4n) is 4.03. The predicted molar refractivity (Wildman–Crippen MR) is 113 cm³/mol. The molecule has 1 aromatic heterocycles. The number of nitriles is 1. The Labute approximate surface area is 172 Å². The summed E-state index contributed by atoms with van der Waals surface area (Å²) in [4.78, 5) is 22.9. The molecule has 156 valence electrons. The van der Waals surface area contributed by atoms with Crippen LogP contribution in [0, 0.1) is 17.4 Å². The Balaban J connectivity index is 1.30. The monoisotopic (exact) mass is 397 g/mol. The number of amides is 1. The van der Waals surface area contributed by atoms with Gasteiger partial charge in [0, 0.05) is 37.7 Å². The molecule has 0 radical (unpaired) electrons. The van der Waals surface area contributed by atoms with Gasteiger partial charge in [0.15, 0.2) is 6.19 Å². The Morgan fingerprint density at radius 3 is 2.93 bits per heavy atom. The molecule has 1 aromatic rings.